The minimum atomic E-state index is -0.136. The van der Waals surface area contributed by atoms with Crippen molar-refractivity contribution >= 4 is 5.82 Å². The summed E-state index contributed by atoms with van der Waals surface area (Å²) in [4.78, 5) is 2.34. The Morgan fingerprint density at radius 1 is 1.25 bits per heavy atom. The molecule has 0 atom stereocenters. The highest BCUT2D eigenvalue weighted by molar-refractivity contribution is 5.36. The van der Waals surface area contributed by atoms with Gasteiger partial charge >= 0.3 is 0 Å². The smallest absolute Gasteiger partial charge is 0.163 e. The molecule has 0 bridgehead atoms. The monoisotopic (exact) mass is 325 g/mol. The number of aromatic nitrogens is 2. The van der Waals surface area contributed by atoms with Crippen LogP contribution < -0.4 is 5.32 Å². The summed E-state index contributed by atoms with van der Waals surface area (Å²) in [7, 11) is 0. The van der Waals surface area contributed by atoms with Gasteiger partial charge in [0, 0.05) is 25.7 Å². The number of halogens is 1. The molecule has 1 fully saturated rings. The molecule has 1 aromatic heterocycles. The first kappa shape index (κ1) is 16.3. The molecule has 1 saturated heterocycles. The van der Waals surface area contributed by atoms with E-state index in [1.165, 1.54) is 0 Å². The Labute approximate surface area is 141 Å². The summed E-state index contributed by atoms with van der Waals surface area (Å²) in [6, 6.07) is 11.2. The molecule has 1 aliphatic heterocycles. The summed E-state index contributed by atoms with van der Waals surface area (Å²) in [5.74, 6) is 0.566. The fourth-order valence-corrected chi connectivity index (χ4v) is 2.91. The molecule has 1 N–H and O–H groups in total. The van der Waals surface area contributed by atoms with Gasteiger partial charge in [0.2, 0.25) is 0 Å². The Hall–Kier alpha value is -2.52. The predicted molar refractivity (Wildman–Crippen MR) is 89.8 cm³/mol. The van der Waals surface area contributed by atoms with Crippen molar-refractivity contribution in [2.24, 2.45) is 0 Å². The molecule has 2 heterocycles. The lowest BCUT2D eigenvalue weighted by molar-refractivity contribution is 0.211. The van der Waals surface area contributed by atoms with Crippen molar-refractivity contribution < 1.29 is 4.39 Å². The second kappa shape index (κ2) is 7.37. The van der Waals surface area contributed by atoms with Gasteiger partial charge in [0.15, 0.2) is 5.69 Å². The average molecular weight is 325 g/mol. The minimum absolute atomic E-state index is 0.136. The second-order valence-electron chi connectivity index (χ2n) is 6.19. The maximum atomic E-state index is 13.6. The van der Waals surface area contributed by atoms with Crippen LogP contribution in [0, 0.1) is 24.1 Å². The van der Waals surface area contributed by atoms with Crippen LogP contribution in [0.1, 0.15) is 29.7 Å². The van der Waals surface area contributed by atoms with Gasteiger partial charge in [0.25, 0.3) is 0 Å². The quantitative estimate of drug-likeness (QED) is 0.936. The lowest BCUT2D eigenvalue weighted by Crippen LogP contribution is -2.38. The molecule has 1 aromatic carbocycles. The zero-order chi connectivity index (χ0) is 16.9. The average Bonchev–Trinajstić information content (AvgIpc) is 2.61. The highest BCUT2D eigenvalue weighted by Gasteiger charge is 2.19. The number of benzene rings is 1. The molecule has 0 aliphatic carbocycles. The van der Waals surface area contributed by atoms with Crippen molar-refractivity contribution in [3.05, 3.63) is 53.0 Å². The molecule has 5 nitrogen and oxygen atoms in total. The number of piperidine rings is 1. The summed E-state index contributed by atoms with van der Waals surface area (Å²) in [5.41, 5.74) is 2.02. The highest BCUT2D eigenvalue weighted by atomic mass is 19.1. The highest BCUT2D eigenvalue weighted by Crippen LogP contribution is 2.18. The lowest BCUT2D eigenvalue weighted by atomic mass is 10.0. The van der Waals surface area contributed by atoms with Crippen molar-refractivity contribution in [1.29, 1.82) is 5.26 Å². The van der Waals surface area contributed by atoms with Gasteiger partial charge in [-0.05, 0) is 49.1 Å². The topological polar surface area (TPSA) is 64.8 Å². The van der Waals surface area contributed by atoms with E-state index in [0.29, 0.717) is 23.1 Å². The lowest BCUT2D eigenvalue weighted by Gasteiger charge is -2.32. The van der Waals surface area contributed by atoms with E-state index in [9.17, 15) is 4.39 Å². The Kier molecular flexibility index (Phi) is 5.02. The van der Waals surface area contributed by atoms with Gasteiger partial charge in [-0.25, -0.2) is 4.39 Å². The number of anilines is 1. The molecule has 0 radical (unpaired) electrons. The SMILES string of the molecule is Cc1ccc(CN2CCC(Nc3ccc(C#N)nn3)CC2)cc1F. The third-order valence-corrected chi connectivity index (χ3v) is 4.36. The van der Waals surface area contributed by atoms with Crippen LogP contribution in [0.2, 0.25) is 0 Å². The molecule has 0 unspecified atom stereocenters. The fraction of sp³-hybridized carbons (Fsp3) is 0.389. The standard InChI is InChI=1S/C18H20FN5/c1-13-2-3-14(10-17(13)19)12-24-8-6-15(7-9-24)21-18-5-4-16(11-20)22-23-18/h2-5,10,15H,6-9,12H2,1H3,(H,21,23). The molecular weight excluding hydrogens is 305 g/mol. The van der Waals surface area contributed by atoms with E-state index in [-0.39, 0.29) is 5.82 Å². The van der Waals surface area contributed by atoms with Gasteiger partial charge in [0.1, 0.15) is 17.7 Å². The van der Waals surface area contributed by atoms with Crippen LogP contribution in [0.25, 0.3) is 0 Å². The Bertz CT molecular complexity index is 730. The molecule has 0 saturated carbocycles. The van der Waals surface area contributed by atoms with Crippen molar-refractivity contribution in [2.45, 2.75) is 32.4 Å². The third-order valence-electron chi connectivity index (χ3n) is 4.36. The minimum Gasteiger partial charge on any atom is -0.366 e. The summed E-state index contributed by atoms with van der Waals surface area (Å²) in [6.07, 6.45) is 1.99. The van der Waals surface area contributed by atoms with Gasteiger partial charge in [-0.15, -0.1) is 10.2 Å². The van der Waals surface area contributed by atoms with Crippen molar-refractivity contribution in [3.8, 4) is 6.07 Å². The van der Waals surface area contributed by atoms with E-state index in [1.807, 2.05) is 18.2 Å². The molecule has 124 valence electrons. The normalized spacial score (nSPS) is 15.9. The number of rotatable bonds is 4. The van der Waals surface area contributed by atoms with Gasteiger partial charge in [0.05, 0.1) is 0 Å². The molecule has 1 aliphatic rings. The number of aryl methyl sites for hydroxylation is 1. The summed E-state index contributed by atoms with van der Waals surface area (Å²) >= 11 is 0. The van der Waals surface area contributed by atoms with Gasteiger partial charge < -0.3 is 5.32 Å². The van der Waals surface area contributed by atoms with Crippen LogP contribution in [0.3, 0.4) is 0 Å². The Morgan fingerprint density at radius 2 is 2.04 bits per heavy atom. The van der Waals surface area contributed by atoms with Crippen LogP contribution in [0.4, 0.5) is 10.2 Å². The second-order valence-corrected chi connectivity index (χ2v) is 6.19. The molecule has 3 rings (SSSR count). The first-order valence-corrected chi connectivity index (χ1v) is 8.12. The van der Waals surface area contributed by atoms with Crippen LogP contribution >= 0.6 is 0 Å². The summed E-state index contributed by atoms with van der Waals surface area (Å²) in [6.45, 7) is 4.47. The van der Waals surface area contributed by atoms with Crippen LogP contribution in [0.15, 0.2) is 30.3 Å². The molecule has 6 heteroatoms. The zero-order valence-corrected chi connectivity index (χ0v) is 13.7. The summed E-state index contributed by atoms with van der Waals surface area (Å²) in [5, 5.41) is 19.9. The summed E-state index contributed by atoms with van der Waals surface area (Å²) < 4.78 is 13.6. The first-order valence-electron chi connectivity index (χ1n) is 8.12. The first-order chi connectivity index (χ1) is 11.6. The molecule has 0 spiro atoms. The van der Waals surface area contributed by atoms with Crippen LogP contribution in [-0.2, 0) is 6.54 Å². The largest absolute Gasteiger partial charge is 0.366 e. The molecule has 0 amide bonds. The molecule has 2 aromatic rings. The number of hydrogen-bond acceptors (Lipinski definition) is 5. The van der Waals surface area contributed by atoms with Crippen molar-refractivity contribution in [1.82, 2.24) is 15.1 Å². The number of nitriles is 1. The number of nitrogens with zero attached hydrogens (tertiary/aromatic N) is 4. The van der Waals surface area contributed by atoms with E-state index >= 15 is 0 Å². The van der Waals surface area contributed by atoms with Crippen LogP contribution in [-0.4, -0.2) is 34.2 Å². The van der Waals surface area contributed by atoms with Gasteiger partial charge in [-0.3, -0.25) is 4.90 Å². The fourth-order valence-electron chi connectivity index (χ4n) is 2.91. The number of nitrogens with one attached hydrogen (secondary N) is 1. The van der Waals surface area contributed by atoms with Crippen molar-refractivity contribution in [2.75, 3.05) is 18.4 Å². The zero-order valence-electron chi connectivity index (χ0n) is 13.7. The van der Waals surface area contributed by atoms with Crippen molar-refractivity contribution in [3.63, 3.8) is 0 Å². The van der Waals surface area contributed by atoms with Gasteiger partial charge in [-0.2, -0.15) is 5.26 Å². The number of likely N-dealkylation sites (tertiary alicyclic amines) is 1. The van der Waals surface area contributed by atoms with Gasteiger partial charge in [-0.1, -0.05) is 12.1 Å². The third kappa shape index (κ3) is 4.06. The van der Waals surface area contributed by atoms with E-state index in [4.69, 9.17) is 5.26 Å². The Morgan fingerprint density at radius 3 is 2.67 bits per heavy atom. The van der Waals surface area contributed by atoms with E-state index in [1.54, 1.807) is 25.1 Å². The van der Waals surface area contributed by atoms with E-state index in [0.717, 1.165) is 38.0 Å². The van der Waals surface area contributed by atoms with E-state index < -0.39 is 0 Å². The maximum absolute atomic E-state index is 13.6. The maximum Gasteiger partial charge on any atom is 0.163 e. The Balaban J connectivity index is 1.50. The van der Waals surface area contributed by atoms with E-state index in [2.05, 4.69) is 20.4 Å². The number of hydrogen-bond donors (Lipinski definition) is 1. The molecular formula is C18H20FN5. The van der Waals surface area contributed by atoms with Crippen LogP contribution in [0.5, 0.6) is 0 Å². The predicted octanol–water partition coefficient (Wildman–Crippen LogP) is 2.87. The molecule has 24 heavy (non-hydrogen) atoms.